The van der Waals surface area contributed by atoms with E-state index in [4.69, 9.17) is 16.6 Å². The van der Waals surface area contributed by atoms with Gasteiger partial charge in [0.1, 0.15) is 5.82 Å². The van der Waals surface area contributed by atoms with Gasteiger partial charge in [0.2, 0.25) is 5.91 Å². The molecule has 0 atom stereocenters. The number of nitrogens with zero attached hydrogens (tertiary/aromatic N) is 3. The van der Waals surface area contributed by atoms with Crippen LogP contribution in [0.2, 0.25) is 5.02 Å². The number of halogens is 1. The molecule has 27 heavy (non-hydrogen) atoms. The number of rotatable bonds is 4. The van der Waals surface area contributed by atoms with Gasteiger partial charge in [-0.2, -0.15) is 0 Å². The Morgan fingerprint density at radius 1 is 1.00 bits per heavy atom. The number of imidazole rings is 1. The number of aryl methyl sites for hydroxylation is 1. The highest BCUT2D eigenvalue weighted by Crippen LogP contribution is 2.27. The van der Waals surface area contributed by atoms with Crippen molar-refractivity contribution in [1.82, 2.24) is 14.5 Å². The summed E-state index contributed by atoms with van der Waals surface area (Å²) in [4.78, 5) is 19.6. The van der Waals surface area contributed by atoms with Crippen molar-refractivity contribution in [2.45, 2.75) is 38.6 Å². The Balaban J connectivity index is 1.62. The van der Waals surface area contributed by atoms with E-state index in [-0.39, 0.29) is 5.91 Å². The zero-order chi connectivity index (χ0) is 18.6. The fourth-order valence-electron chi connectivity index (χ4n) is 3.84. The minimum Gasteiger partial charge on any atom is -0.343 e. The lowest BCUT2D eigenvalue weighted by Crippen LogP contribution is -2.32. The maximum atomic E-state index is 12.8. The molecule has 3 aromatic rings. The average Bonchev–Trinajstić information content (AvgIpc) is 2.85. The zero-order valence-electron chi connectivity index (χ0n) is 15.4. The Labute approximate surface area is 164 Å². The van der Waals surface area contributed by atoms with Crippen LogP contribution in [0.25, 0.3) is 22.4 Å². The van der Waals surface area contributed by atoms with E-state index < -0.39 is 0 Å². The first-order chi connectivity index (χ1) is 13.2. The summed E-state index contributed by atoms with van der Waals surface area (Å²) in [6.45, 7) is 2.41. The van der Waals surface area contributed by atoms with Crippen LogP contribution >= 0.6 is 11.6 Å². The average molecular weight is 382 g/mol. The topological polar surface area (TPSA) is 38.1 Å². The van der Waals surface area contributed by atoms with Crippen LogP contribution in [0.5, 0.6) is 0 Å². The Morgan fingerprint density at radius 3 is 2.56 bits per heavy atom. The molecule has 2 aromatic carbocycles. The van der Waals surface area contributed by atoms with Crippen molar-refractivity contribution in [2.24, 2.45) is 0 Å². The van der Waals surface area contributed by atoms with E-state index in [1.54, 1.807) is 0 Å². The van der Waals surface area contributed by atoms with Crippen LogP contribution in [0.3, 0.4) is 0 Å². The van der Waals surface area contributed by atoms with Gasteiger partial charge in [0.15, 0.2) is 0 Å². The molecule has 1 aromatic heterocycles. The quantitative estimate of drug-likeness (QED) is 0.626. The molecule has 2 heterocycles. The van der Waals surface area contributed by atoms with Crippen LogP contribution in [-0.4, -0.2) is 33.4 Å². The highest BCUT2D eigenvalue weighted by atomic mass is 35.5. The number of likely N-dealkylation sites (tertiary alicyclic amines) is 1. The van der Waals surface area contributed by atoms with E-state index >= 15 is 0 Å². The molecule has 1 amide bonds. The smallest absolute Gasteiger partial charge is 0.224 e. The zero-order valence-corrected chi connectivity index (χ0v) is 16.2. The van der Waals surface area contributed by atoms with Crippen molar-refractivity contribution < 1.29 is 4.79 Å². The summed E-state index contributed by atoms with van der Waals surface area (Å²) in [6.07, 6.45) is 5.19. The number of carbonyl (C=O) groups is 1. The number of para-hydroxylation sites is 2. The minimum absolute atomic E-state index is 0.242. The van der Waals surface area contributed by atoms with Gasteiger partial charge in [-0.25, -0.2) is 4.98 Å². The Kier molecular flexibility index (Phi) is 5.44. The van der Waals surface area contributed by atoms with Crippen molar-refractivity contribution in [2.75, 3.05) is 13.1 Å². The molecule has 0 aliphatic carbocycles. The lowest BCUT2D eigenvalue weighted by molar-refractivity contribution is -0.131. The van der Waals surface area contributed by atoms with Crippen LogP contribution in [0.4, 0.5) is 0 Å². The lowest BCUT2D eigenvalue weighted by atomic mass is 10.2. The summed E-state index contributed by atoms with van der Waals surface area (Å²) in [5.41, 5.74) is 2.96. The number of fused-ring (bicyclic) bond motifs is 1. The fourth-order valence-corrected chi connectivity index (χ4v) is 4.03. The summed E-state index contributed by atoms with van der Waals surface area (Å²) in [5, 5.41) is 0.687. The van der Waals surface area contributed by atoms with Gasteiger partial charge in [0.25, 0.3) is 0 Å². The molecule has 4 rings (SSSR count). The molecule has 0 bridgehead atoms. The molecule has 1 saturated heterocycles. The van der Waals surface area contributed by atoms with E-state index in [9.17, 15) is 4.79 Å². The summed E-state index contributed by atoms with van der Waals surface area (Å²) < 4.78 is 2.15. The molecular formula is C22H24ClN3O. The van der Waals surface area contributed by atoms with Crippen LogP contribution < -0.4 is 0 Å². The van der Waals surface area contributed by atoms with E-state index in [1.165, 1.54) is 12.8 Å². The first-order valence-electron chi connectivity index (χ1n) is 9.71. The van der Waals surface area contributed by atoms with Crippen molar-refractivity contribution in [3.05, 3.63) is 53.6 Å². The van der Waals surface area contributed by atoms with E-state index in [0.717, 1.165) is 48.4 Å². The number of benzene rings is 2. The largest absolute Gasteiger partial charge is 0.343 e. The van der Waals surface area contributed by atoms with Crippen molar-refractivity contribution in [3.63, 3.8) is 0 Å². The second-order valence-electron chi connectivity index (χ2n) is 7.13. The minimum atomic E-state index is 0.242. The van der Waals surface area contributed by atoms with Gasteiger partial charge in [0.05, 0.1) is 11.0 Å². The number of amides is 1. The lowest BCUT2D eigenvalue weighted by Gasteiger charge is -2.20. The second kappa shape index (κ2) is 8.13. The Morgan fingerprint density at radius 2 is 1.78 bits per heavy atom. The van der Waals surface area contributed by atoms with E-state index in [1.807, 2.05) is 47.4 Å². The maximum absolute atomic E-state index is 12.8. The van der Waals surface area contributed by atoms with Gasteiger partial charge in [-0.3, -0.25) is 4.79 Å². The number of hydrogen-bond acceptors (Lipinski definition) is 2. The predicted molar refractivity (Wildman–Crippen MR) is 110 cm³/mol. The van der Waals surface area contributed by atoms with Gasteiger partial charge in [0, 0.05) is 36.6 Å². The Hall–Kier alpha value is -2.33. The van der Waals surface area contributed by atoms with Crippen molar-refractivity contribution in [3.8, 4) is 11.4 Å². The van der Waals surface area contributed by atoms with Crippen LogP contribution in [0.15, 0.2) is 48.5 Å². The first kappa shape index (κ1) is 18.1. The van der Waals surface area contributed by atoms with E-state index in [0.29, 0.717) is 18.0 Å². The highest BCUT2D eigenvalue weighted by Gasteiger charge is 2.18. The summed E-state index contributed by atoms with van der Waals surface area (Å²) in [6, 6.07) is 15.8. The van der Waals surface area contributed by atoms with Crippen molar-refractivity contribution >= 4 is 28.5 Å². The van der Waals surface area contributed by atoms with Crippen molar-refractivity contribution in [1.29, 1.82) is 0 Å². The van der Waals surface area contributed by atoms with E-state index in [2.05, 4.69) is 10.6 Å². The Bertz CT molecular complexity index is 942. The molecule has 4 nitrogen and oxygen atoms in total. The predicted octanol–water partition coefficient (Wildman–Crippen LogP) is 5.15. The van der Waals surface area contributed by atoms with Crippen LogP contribution in [0.1, 0.15) is 32.1 Å². The molecule has 5 heteroatoms. The third-order valence-corrected chi connectivity index (χ3v) is 5.48. The summed E-state index contributed by atoms with van der Waals surface area (Å²) in [5.74, 6) is 1.11. The third-order valence-electron chi connectivity index (χ3n) is 5.25. The van der Waals surface area contributed by atoms with Gasteiger partial charge < -0.3 is 9.47 Å². The molecule has 1 fully saturated rings. The molecule has 1 aliphatic heterocycles. The van der Waals surface area contributed by atoms with Gasteiger partial charge in [-0.05, 0) is 37.1 Å². The molecule has 0 N–H and O–H groups in total. The maximum Gasteiger partial charge on any atom is 0.224 e. The van der Waals surface area contributed by atoms with Gasteiger partial charge >= 0.3 is 0 Å². The molecule has 0 spiro atoms. The second-order valence-corrected chi connectivity index (χ2v) is 7.57. The normalized spacial score (nSPS) is 15.1. The van der Waals surface area contributed by atoms with Crippen LogP contribution in [-0.2, 0) is 11.3 Å². The number of hydrogen-bond donors (Lipinski definition) is 0. The molecule has 0 radical (unpaired) electrons. The molecule has 0 unspecified atom stereocenters. The summed E-state index contributed by atoms with van der Waals surface area (Å²) >= 11 is 6.19. The van der Waals surface area contributed by atoms with Crippen LogP contribution in [0, 0.1) is 0 Å². The SMILES string of the molecule is O=C(CCn1c(-c2cccc(Cl)c2)nc2ccccc21)N1CCCCCC1. The number of carbonyl (C=O) groups excluding carboxylic acids is 1. The first-order valence-corrected chi connectivity index (χ1v) is 10.1. The van der Waals surface area contributed by atoms with Gasteiger partial charge in [-0.15, -0.1) is 0 Å². The number of aromatic nitrogens is 2. The third kappa shape index (κ3) is 4.01. The molecular weight excluding hydrogens is 358 g/mol. The fraction of sp³-hybridized carbons (Fsp3) is 0.364. The molecule has 140 valence electrons. The monoisotopic (exact) mass is 381 g/mol. The highest BCUT2D eigenvalue weighted by molar-refractivity contribution is 6.30. The van der Waals surface area contributed by atoms with Gasteiger partial charge in [-0.1, -0.05) is 48.7 Å². The standard InChI is InChI=1S/C22H24ClN3O/c23-18-9-7-8-17(16-18)22-24-19-10-3-4-11-20(19)26(22)15-12-21(27)25-13-5-1-2-6-14-25/h3-4,7-11,16H,1-2,5-6,12-15H2. The molecule has 1 aliphatic rings. The summed E-state index contributed by atoms with van der Waals surface area (Å²) in [7, 11) is 0. The molecule has 0 saturated carbocycles.